The molecule has 2 rings (SSSR count). The second-order valence-electron chi connectivity index (χ2n) is 4.36. The zero-order valence-corrected chi connectivity index (χ0v) is 13.7. The molecule has 0 spiro atoms. The second kappa shape index (κ2) is 6.30. The van der Waals surface area contributed by atoms with Gasteiger partial charge in [0.25, 0.3) is 0 Å². The third kappa shape index (κ3) is 2.93. The van der Waals surface area contributed by atoms with Gasteiger partial charge in [-0.1, -0.05) is 22.0 Å². The zero-order chi connectivity index (χ0) is 14.9. The number of aryl methyl sites for hydroxylation is 1. The molecule has 2 aromatic carbocycles. The van der Waals surface area contributed by atoms with Gasteiger partial charge in [0.15, 0.2) is 0 Å². The highest BCUT2D eigenvalue weighted by atomic mass is 79.9. The molecule has 0 aliphatic heterocycles. The lowest BCUT2D eigenvalue weighted by Gasteiger charge is -2.21. The maximum Gasteiger partial charge on any atom is 0.145 e. The van der Waals surface area contributed by atoms with Crippen molar-refractivity contribution >= 4 is 31.9 Å². The minimum absolute atomic E-state index is 0.104. The summed E-state index contributed by atoms with van der Waals surface area (Å²) in [5.41, 5.74) is 3.97. The van der Waals surface area contributed by atoms with E-state index < -0.39 is 17.7 Å². The molecule has 6 heteroatoms. The Labute approximate surface area is 132 Å². The van der Waals surface area contributed by atoms with Gasteiger partial charge in [-0.25, -0.2) is 14.2 Å². The Morgan fingerprint density at radius 1 is 1.15 bits per heavy atom. The van der Waals surface area contributed by atoms with Crippen LogP contribution in [-0.2, 0) is 0 Å². The summed E-state index contributed by atoms with van der Waals surface area (Å²) in [6, 6.07) is 7.23. The van der Waals surface area contributed by atoms with Crippen molar-refractivity contribution in [2.24, 2.45) is 5.84 Å². The first-order valence-electron chi connectivity index (χ1n) is 5.81. The predicted molar refractivity (Wildman–Crippen MR) is 82.1 cm³/mol. The lowest BCUT2D eigenvalue weighted by Crippen LogP contribution is -2.31. The first-order chi connectivity index (χ1) is 9.45. The van der Waals surface area contributed by atoms with Crippen LogP contribution in [-0.4, -0.2) is 0 Å². The molecular formula is C14H12Br2F2N2. The molecule has 106 valence electrons. The smallest absolute Gasteiger partial charge is 0.145 e. The summed E-state index contributed by atoms with van der Waals surface area (Å²) in [5, 5.41) is 0. The lowest BCUT2D eigenvalue weighted by atomic mass is 9.95. The summed E-state index contributed by atoms with van der Waals surface area (Å²) >= 11 is 6.42. The van der Waals surface area contributed by atoms with Crippen molar-refractivity contribution in [3.8, 4) is 0 Å². The van der Waals surface area contributed by atoms with Gasteiger partial charge in [0, 0.05) is 10.0 Å². The molecule has 2 nitrogen and oxygen atoms in total. The molecule has 3 N–H and O–H groups in total. The molecule has 0 saturated heterocycles. The fourth-order valence-electron chi connectivity index (χ4n) is 2.10. The molecule has 0 bridgehead atoms. The maximum absolute atomic E-state index is 14.2. The van der Waals surface area contributed by atoms with Crippen LogP contribution in [0.1, 0.15) is 22.7 Å². The van der Waals surface area contributed by atoms with Crippen molar-refractivity contribution in [1.29, 1.82) is 0 Å². The molecule has 0 aromatic heterocycles. The van der Waals surface area contributed by atoms with Gasteiger partial charge in [-0.2, -0.15) is 0 Å². The summed E-state index contributed by atoms with van der Waals surface area (Å²) < 4.78 is 29.3. The molecule has 0 aliphatic carbocycles. The highest BCUT2D eigenvalue weighted by Crippen LogP contribution is 2.32. The lowest BCUT2D eigenvalue weighted by molar-refractivity contribution is 0.506. The molecule has 0 heterocycles. The number of benzene rings is 2. The van der Waals surface area contributed by atoms with Crippen molar-refractivity contribution in [2.75, 3.05) is 0 Å². The van der Waals surface area contributed by atoms with Crippen molar-refractivity contribution in [1.82, 2.24) is 5.43 Å². The zero-order valence-electron chi connectivity index (χ0n) is 10.6. The Balaban J connectivity index is 2.61. The molecule has 20 heavy (non-hydrogen) atoms. The van der Waals surface area contributed by atoms with Crippen LogP contribution in [0.2, 0.25) is 0 Å². The number of hydrazine groups is 1. The Kier molecular flexibility index (Phi) is 4.90. The summed E-state index contributed by atoms with van der Waals surface area (Å²) in [7, 11) is 0. The van der Waals surface area contributed by atoms with E-state index in [4.69, 9.17) is 5.84 Å². The normalized spacial score (nSPS) is 12.5. The number of rotatable bonds is 3. The summed E-state index contributed by atoms with van der Waals surface area (Å²) in [6.07, 6.45) is 0. The van der Waals surface area contributed by atoms with Crippen LogP contribution in [0.25, 0.3) is 0 Å². The van der Waals surface area contributed by atoms with E-state index in [9.17, 15) is 8.78 Å². The second-order valence-corrected chi connectivity index (χ2v) is 6.13. The Morgan fingerprint density at radius 3 is 2.45 bits per heavy atom. The number of nitrogens with one attached hydrogen (secondary N) is 1. The molecule has 0 aliphatic rings. The van der Waals surface area contributed by atoms with Crippen LogP contribution in [0.5, 0.6) is 0 Å². The maximum atomic E-state index is 14.2. The van der Waals surface area contributed by atoms with Gasteiger partial charge < -0.3 is 0 Å². The van der Waals surface area contributed by atoms with E-state index in [0.29, 0.717) is 5.56 Å². The standard InChI is InChI=1S/C14H12Br2F2N2/c1-7-6-8(15)2-3-9(7)14(20-19)12-11(17)5-4-10(16)13(12)18/h2-6,14,20H,19H2,1H3. The Morgan fingerprint density at radius 2 is 1.85 bits per heavy atom. The summed E-state index contributed by atoms with van der Waals surface area (Å²) in [5.74, 6) is 4.22. The molecule has 0 radical (unpaired) electrons. The van der Waals surface area contributed by atoms with E-state index in [-0.39, 0.29) is 10.0 Å². The van der Waals surface area contributed by atoms with Crippen molar-refractivity contribution in [2.45, 2.75) is 13.0 Å². The van der Waals surface area contributed by atoms with E-state index >= 15 is 0 Å². The predicted octanol–water partition coefficient (Wildman–Crippen LogP) is 4.35. The molecule has 0 saturated carbocycles. The SMILES string of the molecule is Cc1cc(Br)ccc1C(NN)c1c(F)ccc(Br)c1F. The largest absolute Gasteiger partial charge is 0.271 e. The molecular weight excluding hydrogens is 394 g/mol. The molecule has 1 atom stereocenters. The van der Waals surface area contributed by atoms with Gasteiger partial charge in [-0.05, 0) is 58.2 Å². The number of hydrogen-bond acceptors (Lipinski definition) is 2. The fraction of sp³-hybridized carbons (Fsp3) is 0.143. The summed E-state index contributed by atoms with van der Waals surface area (Å²) in [6.45, 7) is 1.86. The van der Waals surface area contributed by atoms with Crippen LogP contribution in [0, 0.1) is 18.6 Å². The average molecular weight is 406 g/mol. The van der Waals surface area contributed by atoms with Crippen LogP contribution < -0.4 is 11.3 Å². The van der Waals surface area contributed by atoms with Gasteiger partial charge >= 0.3 is 0 Å². The van der Waals surface area contributed by atoms with E-state index in [2.05, 4.69) is 37.3 Å². The third-order valence-electron chi connectivity index (χ3n) is 3.08. The average Bonchev–Trinajstić information content (AvgIpc) is 2.40. The van der Waals surface area contributed by atoms with Crippen molar-refractivity contribution < 1.29 is 8.78 Å². The fourth-order valence-corrected chi connectivity index (χ4v) is 2.92. The van der Waals surface area contributed by atoms with E-state index in [1.165, 1.54) is 12.1 Å². The quantitative estimate of drug-likeness (QED) is 0.452. The van der Waals surface area contributed by atoms with Crippen molar-refractivity contribution in [3.05, 3.63) is 67.6 Å². The highest BCUT2D eigenvalue weighted by Gasteiger charge is 2.23. The van der Waals surface area contributed by atoms with Crippen LogP contribution >= 0.6 is 31.9 Å². The summed E-state index contributed by atoms with van der Waals surface area (Å²) in [4.78, 5) is 0. The number of halogens is 4. The monoisotopic (exact) mass is 404 g/mol. The molecule has 0 amide bonds. The van der Waals surface area contributed by atoms with Crippen molar-refractivity contribution in [3.63, 3.8) is 0 Å². The van der Waals surface area contributed by atoms with Gasteiger partial charge in [0.2, 0.25) is 0 Å². The topological polar surface area (TPSA) is 38.0 Å². The van der Waals surface area contributed by atoms with Crippen LogP contribution in [0.15, 0.2) is 39.3 Å². The molecule has 2 aromatic rings. The van der Waals surface area contributed by atoms with Crippen LogP contribution in [0.4, 0.5) is 8.78 Å². The Bertz CT molecular complexity index is 647. The molecule has 1 unspecified atom stereocenters. The minimum atomic E-state index is -0.763. The van der Waals surface area contributed by atoms with E-state index in [1.54, 1.807) is 12.1 Å². The Hall–Kier alpha value is -0.820. The number of hydrogen-bond donors (Lipinski definition) is 2. The van der Waals surface area contributed by atoms with Gasteiger partial charge in [0.1, 0.15) is 11.6 Å². The van der Waals surface area contributed by atoms with Gasteiger partial charge in [-0.15, -0.1) is 0 Å². The third-order valence-corrected chi connectivity index (χ3v) is 4.18. The van der Waals surface area contributed by atoms with Gasteiger partial charge in [-0.3, -0.25) is 5.84 Å². The first kappa shape index (κ1) is 15.6. The van der Waals surface area contributed by atoms with Gasteiger partial charge in [0.05, 0.1) is 10.5 Å². The highest BCUT2D eigenvalue weighted by molar-refractivity contribution is 9.10. The minimum Gasteiger partial charge on any atom is -0.271 e. The van der Waals surface area contributed by atoms with E-state index in [1.807, 2.05) is 13.0 Å². The first-order valence-corrected chi connectivity index (χ1v) is 7.40. The molecule has 0 fully saturated rings. The van der Waals surface area contributed by atoms with Crippen LogP contribution in [0.3, 0.4) is 0 Å². The number of nitrogens with two attached hydrogens (primary N) is 1. The van der Waals surface area contributed by atoms with E-state index in [0.717, 1.165) is 10.0 Å².